The molecule has 2 N–H and O–H groups in total. The van der Waals surface area contributed by atoms with Gasteiger partial charge in [-0.2, -0.15) is 0 Å². The first-order valence-corrected chi connectivity index (χ1v) is 18.8. The normalized spacial score (nSPS) is 16.1. The molecule has 0 unspecified atom stereocenters. The van der Waals surface area contributed by atoms with Gasteiger partial charge in [-0.15, -0.1) is 0 Å². The summed E-state index contributed by atoms with van der Waals surface area (Å²) in [5.41, 5.74) is 3.59. The number of carbonyl (C=O) groups is 2. The molecule has 2 amide bonds. The van der Waals surface area contributed by atoms with Crippen LogP contribution in [0.25, 0.3) is 0 Å². The molecule has 0 heterocycles. The molecular formula is C48H46N2O4. The molecule has 54 heavy (non-hydrogen) atoms. The Morgan fingerprint density at radius 2 is 0.667 bits per heavy atom. The molecule has 6 aromatic rings. The number of amides is 2. The molecule has 2 atom stereocenters. The summed E-state index contributed by atoms with van der Waals surface area (Å²) >= 11 is 0. The van der Waals surface area contributed by atoms with Gasteiger partial charge in [0.05, 0.1) is 22.9 Å². The van der Waals surface area contributed by atoms with Crippen LogP contribution in [-0.4, -0.2) is 44.4 Å². The van der Waals surface area contributed by atoms with Gasteiger partial charge in [-0.1, -0.05) is 200 Å². The minimum Gasteiger partial charge on any atom is -0.289 e. The Balaban J connectivity index is 1.42. The molecule has 1 aliphatic carbocycles. The molecule has 0 bridgehead atoms. The summed E-state index contributed by atoms with van der Waals surface area (Å²) in [5, 5.41) is 21.5. The van der Waals surface area contributed by atoms with E-state index >= 15 is 9.59 Å². The van der Waals surface area contributed by atoms with E-state index in [0.717, 1.165) is 46.2 Å². The molecule has 0 saturated heterocycles. The fourth-order valence-corrected chi connectivity index (χ4v) is 8.74. The summed E-state index contributed by atoms with van der Waals surface area (Å²) in [4.78, 5) is 32.6. The van der Waals surface area contributed by atoms with Crippen molar-refractivity contribution in [1.82, 2.24) is 10.1 Å². The second kappa shape index (κ2) is 16.6. The highest BCUT2D eigenvalue weighted by Gasteiger charge is 2.47. The van der Waals surface area contributed by atoms with Crippen molar-refractivity contribution in [1.29, 1.82) is 0 Å². The van der Waals surface area contributed by atoms with Crippen LogP contribution in [0.3, 0.4) is 0 Å². The third kappa shape index (κ3) is 7.16. The number of hydroxylamine groups is 2. The largest absolute Gasteiger partial charge is 0.289 e. The summed E-state index contributed by atoms with van der Waals surface area (Å²) in [6.07, 6.45) is 2.24. The number of imide groups is 1. The zero-order valence-electron chi connectivity index (χ0n) is 30.3. The number of carbonyl (C=O) groups excluding carboxylic acids is 2. The van der Waals surface area contributed by atoms with Gasteiger partial charge in [-0.25, -0.2) is 0 Å². The van der Waals surface area contributed by atoms with E-state index in [1.807, 2.05) is 182 Å². The highest BCUT2D eigenvalue weighted by atomic mass is 16.8. The number of nitrogens with zero attached hydrogens (tertiary/aromatic N) is 2. The van der Waals surface area contributed by atoms with Crippen molar-refractivity contribution in [2.45, 2.75) is 61.4 Å². The molecule has 1 aliphatic rings. The molecule has 7 rings (SSSR count). The summed E-state index contributed by atoms with van der Waals surface area (Å²) in [6.45, 7) is 0. The SMILES string of the molecule is O=C(CC(c1ccccc1)(c1ccccc1)c1ccccc1)N(C(=O)CC(c1ccccc1)(c1ccccc1)c1ccccc1)[C@@H]1CCCC[C@H]1N(O)O. The van der Waals surface area contributed by atoms with E-state index in [2.05, 4.69) is 0 Å². The average molecular weight is 715 g/mol. The number of benzene rings is 6. The fraction of sp³-hybridized carbons (Fsp3) is 0.208. The van der Waals surface area contributed by atoms with Gasteiger partial charge >= 0.3 is 0 Å². The predicted molar refractivity (Wildman–Crippen MR) is 211 cm³/mol. The number of hydrogen-bond donors (Lipinski definition) is 2. The Hall–Kier alpha value is -5.66. The maximum atomic E-state index is 15.6. The maximum Gasteiger partial charge on any atom is 0.231 e. The molecule has 6 aromatic carbocycles. The Labute approximate surface area is 317 Å². The Kier molecular flexibility index (Phi) is 11.3. The van der Waals surface area contributed by atoms with E-state index < -0.39 is 22.9 Å². The highest BCUT2D eigenvalue weighted by Crippen LogP contribution is 2.46. The number of hydrogen-bond acceptors (Lipinski definition) is 5. The van der Waals surface area contributed by atoms with Crippen molar-refractivity contribution >= 4 is 11.8 Å². The molecule has 6 heteroatoms. The summed E-state index contributed by atoms with van der Waals surface area (Å²) in [7, 11) is 0. The third-order valence-electron chi connectivity index (χ3n) is 11.3. The fourth-order valence-electron chi connectivity index (χ4n) is 8.74. The van der Waals surface area contributed by atoms with Crippen molar-refractivity contribution in [2.24, 2.45) is 0 Å². The second-order valence-corrected chi connectivity index (χ2v) is 14.3. The Morgan fingerprint density at radius 3 is 0.907 bits per heavy atom. The monoisotopic (exact) mass is 714 g/mol. The van der Waals surface area contributed by atoms with Gasteiger partial charge in [0.2, 0.25) is 11.8 Å². The summed E-state index contributed by atoms with van der Waals surface area (Å²) < 4.78 is 0. The van der Waals surface area contributed by atoms with E-state index in [4.69, 9.17) is 0 Å². The lowest BCUT2D eigenvalue weighted by Gasteiger charge is -2.44. The van der Waals surface area contributed by atoms with Crippen LogP contribution in [-0.2, 0) is 20.4 Å². The van der Waals surface area contributed by atoms with Gasteiger partial charge in [-0.3, -0.25) is 24.9 Å². The van der Waals surface area contributed by atoms with Crippen LogP contribution in [0.5, 0.6) is 0 Å². The topological polar surface area (TPSA) is 81.1 Å². The zero-order valence-corrected chi connectivity index (χ0v) is 30.3. The molecule has 272 valence electrons. The predicted octanol–water partition coefficient (Wildman–Crippen LogP) is 9.58. The van der Waals surface area contributed by atoms with Crippen LogP contribution in [0.2, 0.25) is 0 Å². The lowest BCUT2D eigenvalue weighted by Crippen LogP contribution is -2.57. The van der Waals surface area contributed by atoms with Gasteiger partial charge < -0.3 is 0 Å². The van der Waals surface area contributed by atoms with Crippen molar-refractivity contribution in [3.63, 3.8) is 0 Å². The van der Waals surface area contributed by atoms with E-state index in [1.165, 1.54) is 4.90 Å². The van der Waals surface area contributed by atoms with Crippen LogP contribution >= 0.6 is 0 Å². The van der Waals surface area contributed by atoms with E-state index in [9.17, 15) is 10.4 Å². The van der Waals surface area contributed by atoms with E-state index in [-0.39, 0.29) is 29.9 Å². The van der Waals surface area contributed by atoms with E-state index in [0.29, 0.717) is 12.8 Å². The minimum absolute atomic E-state index is 0.0636. The van der Waals surface area contributed by atoms with Gasteiger partial charge in [-0.05, 0) is 46.2 Å². The Morgan fingerprint density at radius 1 is 0.426 bits per heavy atom. The molecule has 0 aromatic heterocycles. The number of rotatable bonds is 12. The first-order valence-electron chi connectivity index (χ1n) is 18.8. The summed E-state index contributed by atoms with van der Waals surface area (Å²) in [5.74, 6) is -0.753. The lowest BCUT2D eigenvalue weighted by atomic mass is 9.66. The van der Waals surface area contributed by atoms with E-state index in [1.54, 1.807) is 0 Å². The van der Waals surface area contributed by atoms with Crippen molar-refractivity contribution in [3.05, 3.63) is 215 Å². The van der Waals surface area contributed by atoms with Crippen LogP contribution in [0.4, 0.5) is 0 Å². The van der Waals surface area contributed by atoms with Gasteiger partial charge in [0.25, 0.3) is 0 Å². The van der Waals surface area contributed by atoms with Crippen molar-refractivity contribution in [3.8, 4) is 0 Å². The molecular weight excluding hydrogens is 669 g/mol. The highest BCUT2D eigenvalue weighted by molar-refractivity contribution is 5.98. The molecule has 6 nitrogen and oxygen atoms in total. The molecule has 0 spiro atoms. The molecule has 1 saturated carbocycles. The lowest BCUT2D eigenvalue weighted by molar-refractivity contribution is -0.341. The minimum atomic E-state index is -0.961. The second-order valence-electron chi connectivity index (χ2n) is 14.3. The first-order chi connectivity index (χ1) is 26.4. The van der Waals surface area contributed by atoms with Crippen molar-refractivity contribution in [2.75, 3.05) is 0 Å². The maximum absolute atomic E-state index is 15.6. The standard InChI is InChI=1S/C48H46N2O4/c51-45(35-47(37-21-7-1-8-22-37,38-23-9-2-10-24-38)39-25-11-3-12-26-39)49(43-33-19-20-34-44(43)50(53)54)46(52)36-48(40-27-13-4-14-28-40,41-29-15-5-16-30-41)42-31-17-6-18-32-42/h1-18,21-32,43-44,53-54H,19-20,33-36H2/t43-,44-/m1/s1. The zero-order chi connectivity index (χ0) is 37.4. The van der Waals surface area contributed by atoms with Crippen LogP contribution < -0.4 is 0 Å². The molecule has 0 aliphatic heterocycles. The van der Waals surface area contributed by atoms with Crippen LogP contribution in [0, 0.1) is 0 Å². The third-order valence-corrected chi connectivity index (χ3v) is 11.3. The van der Waals surface area contributed by atoms with Gasteiger partial charge in [0.1, 0.15) is 0 Å². The summed E-state index contributed by atoms with van der Waals surface area (Å²) in [6, 6.07) is 58.3. The smallest absolute Gasteiger partial charge is 0.231 e. The Bertz CT molecular complexity index is 1760. The van der Waals surface area contributed by atoms with Crippen LogP contribution in [0.1, 0.15) is 71.9 Å². The van der Waals surface area contributed by atoms with Gasteiger partial charge in [0, 0.05) is 12.8 Å². The molecule has 1 fully saturated rings. The molecule has 0 radical (unpaired) electrons. The quantitative estimate of drug-likeness (QED) is 0.0975. The first kappa shape index (κ1) is 36.7. The van der Waals surface area contributed by atoms with Gasteiger partial charge in [0.15, 0.2) is 0 Å². The van der Waals surface area contributed by atoms with Crippen molar-refractivity contribution < 1.29 is 20.0 Å². The van der Waals surface area contributed by atoms with Crippen LogP contribution in [0.15, 0.2) is 182 Å². The average Bonchev–Trinajstić information content (AvgIpc) is 3.24.